The average Bonchev–Trinajstić information content (AvgIpc) is 3.86. The average molecular weight is 930 g/mol. The zero-order valence-electron chi connectivity index (χ0n) is 39.5. The number of esters is 2. The number of nitrogens with zero attached hydrogens (tertiary/aromatic N) is 4. The van der Waals surface area contributed by atoms with Crippen molar-refractivity contribution in [2.45, 2.75) is 186 Å². The van der Waals surface area contributed by atoms with E-state index in [0.717, 1.165) is 24.8 Å². The van der Waals surface area contributed by atoms with Crippen molar-refractivity contribution in [2.24, 2.45) is 27.7 Å². The van der Waals surface area contributed by atoms with Crippen LogP contribution in [0.1, 0.15) is 149 Å². The Labute approximate surface area is 387 Å². The Balaban J connectivity index is 1.31. The summed E-state index contributed by atoms with van der Waals surface area (Å²) in [5, 5.41) is 16.7. The molecule has 3 N–H and O–H groups in total. The lowest BCUT2D eigenvalue weighted by molar-refractivity contribution is -0.174. The number of aliphatic imine (C=N–C) groups is 1. The molecule has 3 aliphatic rings. The summed E-state index contributed by atoms with van der Waals surface area (Å²) in [5.74, 6) is -2.46. The molecule has 0 spiro atoms. The predicted octanol–water partition coefficient (Wildman–Crippen LogP) is 9.05. The van der Waals surface area contributed by atoms with Crippen LogP contribution in [0.4, 0.5) is 0 Å². The van der Waals surface area contributed by atoms with E-state index in [4.69, 9.17) is 38.5 Å². The SMILES string of the molecule is CCCCCCCCCCCCCCCCCCOC[C@H](COP(=O)(O)OC[C@H]1O[C@@](C#N)(C2CC=C3C(N)=NC=NN32)[C@H](OC(=O)C(C)C)[C@@H]1OC(=O)C(C)C)OCc1ccccc1. The Morgan fingerprint density at radius 2 is 1.48 bits per heavy atom. The van der Waals surface area contributed by atoms with Crippen LogP contribution in [0.2, 0.25) is 0 Å². The Morgan fingerprint density at radius 3 is 2.06 bits per heavy atom. The van der Waals surface area contributed by atoms with Crippen molar-refractivity contribution in [3.63, 3.8) is 0 Å². The first-order valence-electron chi connectivity index (χ1n) is 24.0. The minimum absolute atomic E-state index is 0.115. The number of amidine groups is 1. The highest BCUT2D eigenvalue weighted by Gasteiger charge is 2.66. The van der Waals surface area contributed by atoms with Crippen molar-refractivity contribution in [2.75, 3.05) is 26.4 Å². The van der Waals surface area contributed by atoms with Gasteiger partial charge in [0.05, 0.1) is 44.0 Å². The molecule has 17 heteroatoms. The van der Waals surface area contributed by atoms with Gasteiger partial charge in [0.25, 0.3) is 0 Å². The van der Waals surface area contributed by atoms with Crippen molar-refractivity contribution in [3.8, 4) is 6.07 Å². The molecule has 0 radical (unpaired) electrons. The molecule has 7 atom stereocenters. The number of nitriles is 1. The van der Waals surface area contributed by atoms with Crippen LogP contribution in [0.15, 0.2) is 52.2 Å². The largest absolute Gasteiger partial charge is 0.472 e. The number of fused-ring (bicyclic) bond motifs is 1. The number of carbonyl (C=O) groups excluding carboxylic acids is 2. The van der Waals surface area contributed by atoms with Gasteiger partial charge in [-0.15, -0.1) is 0 Å². The van der Waals surface area contributed by atoms with Crippen LogP contribution in [-0.2, 0) is 53.5 Å². The van der Waals surface area contributed by atoms with E-state index in [1.807, 2.05) is 30.3 Å². The standard InChI is InChI=1S/C48H76N5O11P/c1-6-7-8-9-10-11-12-13-14-15-16-17-18-19-20-24-29-58-31-39(59-30-38-25-22-21-23-26-38)32-60-65(56,57)61-33-41-43(62-46(54)36(2)3)44(63-47(55)37(4)5)48(34-49,64-41)42-28-27-40-45(50)51-35-52-53(40)42/h21-23,25-27,35-37,39,41-44H,6-20,24,28-33H2,1-5H3,(H,56,57)(H2,50,51,52)/t39-,41-,42?,43-,44-,48+/m1/s1. The smallest absolute Gasteiger partial charge is 0.455 e. The van der Waals surface area contributed by atoms with Gasteiger partial charge in [-0.25, -0.2) is 9.56 Å². The van der Waals surface area contributed by atoms with E-state index in [2.05, 4.69) is 23.1 Å². The third kappa shape index (κ3) is 17.5. The highest BCUT2D eigenvalue weighted by atomic mass is 31.2. The normalized spacial score (nSPS) is 22.9. The summed E-state index contributed by atoms with van der Waals surface area (Å²) < 4.78 is 54.8. The number of phosphoric acid groups is 1. The molecule has 1 aromatic rings. The Bertz CT molecular complexity index is 1770. The third-order valence-corrected chi connectivity index (χ3v) is 12.8. The van der Waals surface area contributed by atoms with E-state index in [-0.39, 0.29) is 32.1 Å². The molecular formula is C48H76N5O11P. The van der Waals surface area contributed by atoms with E-state index < -0.39 is 74.3 Å². The van der Waals surface area contributed by atoms with Crippen molar-refractivity contribution >= 4 is 31.9 Å². The fourth-order valence-corrected chi connectivity index (χ4v) is 8.77. The molecule has 0 aromatic heterocycles. The Kier molecular flexibility index (Phi) is 23.6. The van der Waals surface area contributed by atoms with E-state index in [1.54, 1.807) is 33.8 Å². The molecule has 1 fully saturated rings. The number of hydrogen-bond donors (Lipinski definition) is 2. The lowest BCUT2D eigenvalue weighted by Gasteiger charge is -2.38. The molecule has 16 nitrogen and oxygen atoms in total. The van der Waals surface area contributed by atoms with Gasteiger partial charge in [-0.3, -0.25) is 23.6 Å². The number of benzene rings is 1. The quantitative estimate of drug-likeness (QED) is 0.0382. The molecule has 4 rings (SSSR count). The molecule has 0 aliphatic carbocycles. The van der Waals surface area contributed by atoms with E-state index in [0.29, 0.717) is 12.3 Å². The second kappa shape index (κ2) is 28.5. The third-order valence-electron chi connectivity index (χ3n) is 11.9. The van der Waals surface area contributed by atoms with Gasteiger partial charge in [-0.1, -0.05) is 167 Å². The van der Waals surface area contributed by atoms with Crippen LogP contribution in [0.5, 0.6) is 0 Å². The molecule has 2 unspecified atom stereocenters. The van der Waals surface area contributed by atoms with Crippen LogP contribution in [0.3, 0.4) is 0 Å². The van der Waals surface area contributed by atoms with Gasteiger partial charge in [0.15, 0.2) is 18.0 Å². The molecule has 1 saturated heterocycles. The molecule has 1 aromatic carbocycles. The summed E-state index contributed by atoms with van der Waals surface area (Å²) in [4.78, 5) is 41.4. The highest BCUT2D eigenvalue weighted by molar-refractivity contribution is 7.47. The minimum Gasteiger partial charge on any atom is -0.455 e. The first-order valence-corrected chi connectivity index (χ1v) is 25.5. The summed E-state index contributed by atoms with van der Waals surface area (Å²) in [7, 11) is -4.85. The second-order valence-electron chi connectivity index (χ2n) is 17.9. The molecule has 65 heavy (non-hydrogen) atoms. The van der Waals surface area contributed by atoms with Crippen LogP contribution >= 0.6 is 7.82 Å². The maximum atomic E-state index is 13.5. The first kappa shape index (κ1) is 53.9. The lowest BCUT2D eigenvalue weighted by atomic mass is 9.86. The first-order chi connectivity index (χ1) is 31.3. The van der Waals surface area contributed by atoms with Crippen LogP contribution in [0.25, 0.3) is 0 Å². The van der Waals surface area contributed by atoms with Gasteiger partial charge in [-0.05, 0) is 18.4 Å². The zero-order valence-corrected chi connectivity index (χ0v) is 40.4. The molecule has 0 saturated carbocycles. The number of unbranched alkanes of at least 4 members (excludes halogenated alkanes) is 15. The molecule has 0 bridgehead atoms. The van der Waals surface area contributed by atoms with Gasteiger partial charge < -0.3 is 34.3 Å². The fraction of sp³-hybridized carbons (Fsp3) is 0.729. The second-order valence-corrected chi connectivity index (χ2v) is 19.4. The molecule has 0 amide bonds. The number of ether oxygens (including phenoxy) is 5. The van der Waals surface area contributed by atoms with Gasteiger partial charge in [0.1, 0.15) is 30.7 Å². The predicted molar refractivity (Wildman–Crippen MR) is 248 cm³/mol. The molecule has 3 heterocycles. The van der Waals surface area contributed by atoms with E-state index in [1.165, 1.54) is 94.8 Å². The summed E-state index contributed by atoms with van der Waals surface area (Å²) in [5.41, 5.74) is 5.43. The van der Waals surface area contributed by atoms with Gasteiger partial charge in [-0.2, -0.15) is 10.4 Å². The van der Waals surface area contributed by atoms with Crippen molar-refractivity contribution in [1.29, 1.82) is 5.26 Å². The number of carbonyl (C=O) groups is 2. The number of phosphoric ester groups is 1. The maximum absolute atomic E-state index is 13.5. The zero-order chi connectivity index (χ0) is 47.1. The number of rotatable bonds is 33. The number of hydrogen-bond acceptors (Lipinski definition) is 15. The van der Waals surface area contributed by atoms with E-state index >= 15 is 0 Å². The summed E-state index contributed by atoms with van der Waals surface area (Å²) in [6.07, 6.45) is 18.5. The Morgan fingerprint density at radius 1 is 0.892 bits per heavy atom. The van der Waals surface area contributed by atoms with Crippen molar-refractivity contribution in [3.05, 3.63) is 47.7 Å². The monoisotopic (exact) mass is 930 g/mol. The fourth-order valence-electron chi connectivity index (χ4n) is 8.01. The number of hydrazone groups is 1. The summed E-state index contributed by atoms with van der Waals surface area (Å²) >= 11 is 0. The maximum Gasteiger partial charge on any atom is 0.472 e. The molecule has 3 aliphatic heterocycles. The summed E-state index contributed by atoms with van der Waals surface area (Å²) in [6.45, 7) is 8.54. The van der Waals surface area contributed by atoms with Crippen LogP contribution in [-0.4, -0.2) is 96.5 Å². The molecule has 364 valence electrons. The highest BCUT2D eigenvalue weighted by Crippen LogP contribution is 2.48. The van der Waals surface area contributed by atoms with Gasteiger partial charge in [0, 0.05) is 6.61 Å². The molecular weight excluding hydrogens is 854 g/mol. The van der Waals surface area contributed by atoms with Crippen LogP contribution < -0.4 is 5.73 Å². The van der Waals surface area contributed by atoms with Crippen molar-refractivity contribution < 1.29 is 51.8 Å². The topological polar surface area (TPSA) is 214 Å². The minimum atomic E-state index is -4.85. The van der Waals surface area contributed by atoms with Gasteiger partial charge in [0.2, 0.25) is 5.60 Å². The summed E-state index contributed by atoms with van der Waals surface area (Å²) in [6, 6.07) is 10.8. The Hall–Kier alpha value is -3.68. The lowest BCUT2D eigenvalue weighted by Crippen LogP contribution is -2.58. The van der Waals surface area contributed by atoms with Gasteiger partial charge >= 0.3 is 19.8 Å². The number of nitrogens with two attached hydrogens (primary N) is 1. The van der Waals surface area contributed by atoms with Crippen molar-refractivity contribution in [1.82, 2.24) is 5.01 Å². The van der Waals surface area contributed by atoms with E-state index in [9.17, 15) is 24.3 Å². The van der Waals surface area contributed by atoms with Crippen LogP contribution in [0, 0.1) is 23.2 Å².